The number of likely N-dealkylation sites (tertiary alicyclic amines) is 1. The molecule has 12 nitrogen and oxygen atoms in total. The van der Waals surface area contributed by atoms with E-state index < -0.39 is 36.3 Å². The summed E-state index contributed by atoms with van der Waals surface area (Å²) in [6.07, 6.45) is 3.48. The highest BCUT2D eigenvalue weighted by Gasteiger charge is 2.43. The fourth-order valence-electron chi connectivity index (χ4n) is 7.81. The fraction of sp³-hybridized carbons (Fsp3) is 0.683. The van der Waals surface area contributed by atoms with Gasteiger partial charge in [0.15, 0.2) is 0 Å². The second kappa shape index (κ2) is 21.6. The SMILES string of the molecule is CC[C@H](C)[C@H](C(CC(=O)N1CCC[C@H]1[C@H](OC)[C@@H](C)C(=O)N[C@@H](Cc1ccccc1)c1nccs1)OC)N(C)C(=O)[C@@H](NC(=O)C(NC)C(C)C)C(C)C. The van der Waals surface area contributed by atoms with E-state index in [2.05, 4.69) is 34.8 Å². The smallest absolute Gasteiger partial charge is 0.245 e. The van der Waals surface area contributed by atoms with Crippen molar-refractivity contribution >= 4 is 35.0 Å². The maximum Gasteiger partial charge on any atom is 0.245 e. The van der Waals surface area contributed by atoms with Crippen LogP contribution in [0.3, 0.4) is 0 Å². The number of nitrogens with zero attached hydrogens (tertiary/aromatic N) is 3. The normalized spacial score (nSPS) is 19.1. The van der Waals surface area contributed by atoms with Gasteiger partial charge in [-0.3, -0.25) is 19.2 Å². The molecule has 1 aromatic carbocycles. The van der Waals surface area contributed by atoms with Gasteiger partial charge in [-0.15, -0.1) is 11.3 Å². The van der Waals surface area contributed by atoms with Crippen LogP contribution in [0.1, 0.15) is 90.8 Å². The molecule has 13 heteroatoms. The molecule has 0 saturated carbocycles. The largest absolute Gasteiger partial charge is 0.379 e. The number of nitrogens with one attached hydrogen (secondary N) is 3. The lowest BCUT2D eigenvalue weighted by molar-refractivity contribution is -0.147. The van der Waals surface area contributed by atoms with E-state index in [-0.39, 0.29) is 59.9 Å². The number of amides is 4. The average Bonchev–Trinajstić information content (AvgIpc) is 3.87. The van der Waals surface area contributed by atoms with Crippen LogP contribution in [0.15, 0.2) is 41.9 Å². The number of hydrogen-bond acceptors (Lipinski definition) is 9. The lowest BCUT2D eigenvalue weighted by atomic mass is 9.89. The van der Waals surface area contributed by atoms with Gasteiger partial charge in [-0.2, -0.15) is 0 Å². The zero-order chi connectivity index (χ0) is 40.1. The minimum absolute atomic E-state index is 0.00702. The third kappa shape index (κ3) is 11.6. The van der Waals surface area contributed by atoms with E-state index in [1.54, 1.807) is 39.4 Å². The molecule has 2 aromatic rings. The first-order chi connectivity index (χ1) is 25.7. The van der Waals surface area contributed by atoms with Crippen LogP contribution in [0, 0.1) is 23.7 Å². The highest BCUT2D eigenvalue weighted by Crippen LogP contribution is 2.30. The third-order valence-electron chi connectivity index (χ3n) is 11.1. The Morgan fingerprint density at radius 2 is 1.63 bits per heavy atom. The summed E-state index contributed by atoms with van der Waals surface area (Å²) in [6.45, 7) is 14.3. The minimum atomic E-state index is -0.752. The quantitative estimate of drug-likeness (QED) is 0.164. The second-order valence-corrected chi connectivity index (χ2v) is 16.4. The Bertz CT molecular complexity index is 1460. The molecule has 0 bridgehead atoms. The highest BCUT2D eigenvalue weighted by molar-refractivity contribution is 7.09. The van der Waals surface area contributed by atoms with Gasteiger partial charge in [0.1, 0.15) is 11.0 Å². The second-order valence-electron chi connectivity index (χ2n) is 15.5. The van der Waals surface area contributed by atoms with Gasteiger partial charge < -0.3 is 35.2 Å². The van der Waals surface area contributed by atoms with Crippen molar-refractivity contribution in [2.45, 2.75) is 123 Å². The number of rotatable bonds is 21. The minimum Gasteiger partial charge on any atom is -0.379 e. The van der Waals surface area contributed by atoms with Crippen LogP contribution in [-0.2, 0) is 35.1 Å². The van der Waals surface area contributed by atoms with Crippen molar-refractivity contribution in [2.24, 2.45) is 23.7 Å². The Balaban J connectivity index is 1.78. The van der Waals surface area contributed by atoms with Gasteiger partial charge >= 0.3 is 0 Å². The van der Waals surface area contributed by atoms with Gasteiger partial charge in [-0.05, 0) is 49.6 Å². The van der Waals surface area contributed by atoms with Crippen LogP contribution in [0.2, 0.25) is 0 Å². The van der Waals surface area contributed by atoms with Gasteiger partial charge in [-0.1, -0.05) is 85.2 Å². The van der Waals surface area contributed by atoms with Crippen molar-refractivity contribution in [2.75, 3.05) is 34.9 Å². The van der Waals surface area contributed by atoms with E-state index in [1.807, 2.05) is 75.2 Å². The van der Waals surface area contributed by atoms with Crippen molar-refractivity contribution in [1.29, 1.82) is 0 Å². The number of thiazole rings is 1. The van der Waals surface area contributed by atoms with E-state index in [9.17, 15) is 19.2 Å². The fourth-order valence-corrected chi connectivity index (χ4v) is 8.50. The van der Waals surface area contributed by atoms with Crippen molar-refractivity contribution in [1.82, 2.24) is 30.7 Å². The molecule has 0 aliphatic carbocycles. The van der Waals surface area contributed by atoms with E-state index in [0.29, 0.717) is 19.4 Å². The summed E-state index contributed by atoms with van der Waals surface area (Å²) < 4.78 is 12.1. The molecule has 1 aromatic heterocycles. The molecule has 1 aliphatic rings. The number of ether oxygens (including phenoxy) is 2. The predicted molar refractivity (Wildman–Crippen MR) is 214 cm³/mol. The molecule has 2 unspecified atom stereocenters. The maximum atomic E-state index is 14.3. The van der Waals surface area contributed by atoms with Crippen LogP contribution in [-0.4, -0.2) is 110 Å². The highest BCUT2D eigenvalue weighted by atomic mass is 32.1. The summed E-state index contributed by atoms with van der Waals surface area (Å²) in [5.41, 5.74) is 1.09. The number of hydrogen-bond donors (Lipinski definition) is 3. The molecule has 3 rings (SSSR count). The number of carbonyl (C=O) groups is 4. The lowest BCUT2D eigenvalue weighted by Gasteiger charge is -2.41. The molecule has 2 heterocycles. The molecular formula is C41H66N6O6S. The van der Waals surface area contributed by atoms with Crippen LogP contribution in [0.4, 0.5) is 0 Å². The molecule has 0 spiro atoms. The van der Waals surface area contributed by atoms with E-state index in [4.69, 9.17) is 9.47 Å². The van der Waals surface area contributed by atoms with E-state index in [1.165, 1.54) is 11.3 Å². The molecule has 1 saturated heterocycles. The summed E-state index contributed by atoms with van der Waals surface area (Å²) in [7, 11) is 6.65. The molecule has 4 amide bonds. The van der Waals surface area contributed by atoms with Gasteiger partial charge in [0.05, 0.1) is 48.7 Å². The standard InChI is InChI=1S/C41H66N6O6S/c1-12-27(6)36(46(9)41(51)35(26(4)5)45-39(50)34(42-8)25(2)3)32(52-10)24-33(48)47-21-16-19-31(47)37(53-11)28(7)38(49)44-30(40-43-20-22-54-40)23-29-17-14-13-15-18-29/h13-15,17-18,20,22,25-28,30-32,34-37,42H,12,16,19,21,23-24H2,1-11H3,(H,44,49)(H,45,50)/t27-,28+,30-,31-,32?,34?,35-,36+,37+/m0/s1. The molecule has 3 N–H and O–H groups in total. The first kappa shape index (κ1) is 45.0. The van der Waals surface area contributed by atoms with Gasteiger partial charge in [0.2, 0.25) is 23.6 Å². The van der Waals surface area contributed by atoms with Crippen LogP contribution < -0.4 is 16.0 Å². The molecule has 302 valence electrons. The monoisotopic (exact) mass is 770 g/mol. The van der Waals surface area contributed by atoms with Crippen molar-refractivity contribution in [3.8, 4) is 0 Å². The predicted octanol–water partition coefficient (Wildman–Crippen LogP) is 4.85. The molecule has 1 fully saturated rings. The average molecular weight is 771 g/mol. The Morgan fingerprint density at radius 1 is 0.963 bits per heavy atom. The van der Waals surface area contributed by atoms with Crippen molar-refractivity contribution in [3.05, 3.63) is 52.5 Å². The Morgan fingerprint density at radius 3 is 2.17 bits per heavy atom. The number of benzene rings is 1. The maximum absolute atomic E-state index is 14.3. The summed E-state index contributed by atoms with van der Waals surface area (Å²) in [6, 6.07) is 7.77. The summed E-state index contributed by atoms with van der Waals surface area (Å²) >= 11 is 1.51. The van der Waals surface area contributed by atoms with Crippen molar-refractivity contribution < 1.29 is 28.7 Å². The van der Waals surface area contributed by atoms with Crippen molar-refractivity contribution in [3.63, 3.8) is 0 Å². The number of carbonyl (C=O) groups excluding carboxylic acids is 4. The van der Waals surface area contributed by atoms with Crippen LogP contribution in [0.5, 0.6) is 0 Å². The molecule has 9 atom stereocenters. The Labute approximate surface area is 327 Å². The molecule has 0 radical (unpaired) electrons. The van der Waals surface area contributed by atoms with E-state index in [0.717, 1.165) is 23.4 Å². The first-order valence-electron chi connectivity index (χ1n) is 19.5. The topological polar surface area (TPSA) is 142 Å². The number of aromatic nitrogens is 1. The summed E-state index contributed by atoms with van der Waals surface area (Å²) in [5.74, 6) is -1.41. The number of likely N-dealkylation sites (N-methyl/N-ethyl adjacent to an activating group) is 2. The van der Waals surface area contributed by atoms with Crippen LogP contribution in [0.25, 0.3) is 0 Å². The lowest BCUT2D eigenvalue weighted by Crippen LogP contribution is -2.59. The van der Waals surface area contributed by atoms with Gasteiger partial charge in [-0.25, -0.2) is 4.98 Å². The summed E-state index contributed by atoms with van der Waals surface area (Å²) in [4.78, 5) is 63.6. The van der Waals surface area contributed by atoms with E-state index >= 15 is 0 Å². The van der Waals surface area contributed by atoms with Gasteiger partial charge in [0, 0.05) is 39.4 Å². The molecule has 1 aliphatic heterocycles. The van der Waals surface area contributed by atoms with Crippen LogP contribution >= 0.6 is 11.3 Å². The molecule has 54 heavy (non-hydrogen) atoms. The zero-order valence-corrected chi connectivity index (χ0v) is 35.2. The van der Waals surface area contributed by atoms with Gasteiger partial charge in [0.25, 0.3) is 0 Å². The summed E-state index contributed by atoms with van der Waals surface area (Å²) in [5, 5.41) is 12.0. The zero-order valence-electron chi connectivity index (χ0n) is 34.3. The number of methoxy groups -OCH3 is 2. The Kier molecular flexibility index (Phi) is 18.0. The molecular weight excluding hydrogens is 705 g/mol. The third-order valence-corrected chi connectivity index (χ3v) is 12.0. The Hall–Kier alpha value is -3.39. The first-order valence-corrected chi connectivity index (χ1v) is 20.4.